The Hall–Kier alpha value is -0.650. The summed E-state index contributed by atoms with van der Waals surface area (Å²) in [5.41, 5.74) is 5.31. The van der Waals surface area contributed by atoms with E-state index in [-0.39, 0.29) is 11.9 Å². The molecule has 1 amide bonds. The van der Waals surface area contributed by atoms with Gasteiger partial charge in [-0.05, 0) is 19.4 Å². The Balaban J connectivity index is 2.21. The minimum absolute atomic E-state index is 0.196. The molecule has 3 N–H and O–H groups in total. The molecular weight excluding hydrogens is 228 g/mol. The number of nitrogens with one attached hydrogen (secondary N) is 1. The average molecular weight is 256 g/mol. The van der Waals surface area contributed by atoms with Crippen molar-refractivity contribution in [1.29, 1.82) is 0 Å². The summed E-state index contributed by atoms with van der Waals surface area (Å²) < 4.78 is 0. The summed E-state index contributed by atoms with van der Waals surface area (Å²) in [5.74, 6) is 0.482. The molecule has 1 aliphatic rings. The van der Waals surface area contributed by atoms with Gasteiger partial charge in [0.25, 0.3) is 0 Å². The van der Waals surface area contributed by atoms with E-state index in [0.717, 1.165) is 45.1 Å². The van der Waals surface area contributed by atoms with Crippen LogP contribution in [0.1, 0.15) is 20.3 Å². The highest BCUT2D eigenvalue weighted by atomic mass is 16.1. The van der Waals surface area contributed by atoms with Crippen molar-refractivity contribution in [3.8, 4) is 0 Å². The lowest BCUT2D eigenvalue weighted by atomic mass is 10.1. The lowest BCUT2D eigenvalue weighted by molar-refractivity contribution is -0.120. The van der Waals surface area contributed by atoms with Crippen LogP contribution in [0.25, 0.3) is 0 Å². The molecule has 1 fully saturated rings. The Morgan fingerprint density at radius 3 is 2.22 bits per heavy atom. The summed E-state index contributed by atoms with van der Waals surface area (Å²) >= 11 is 0. The summed E-state index contributed by atoms with van der Waals surface area (Å²) in [6.45, 7) is 11.1. The molecule has 0 aromatic rings. The molecule has 1 saturated heterocycles. The maximum Gasteiger partial charge on any atom is 0.234 e. The van der Waals surface area contributed by atoms with Gasteiger partial charge in [0, 0.05) is 39.3 Å². The molecule has 0 saturated carbocycles. The fraction of sp³-hybridized carbons (Fsp3) is 0.923. The van der Waals surface area contributed by atoms with Crippen molar-refractivity contribution >= 4 is 5.91 Å². The van der Waals surface area contributed by atoms with E-state index in [9.17, 15) is 4.79 Å². The third-order valence-electron chi connectivity index (χ3n) is 3.51. The second-order valence-electron chi connectivity index (χ2n) is 5.57. The maximum absolute atomic E-state index is 11.1. The molecule has 0 bridgehead atoms. The van der Waals surface area contributed by atoms with Crippen LogP contribution < -0.4 is 11.1 Å². The Bertz CT molecular complexity index is 249. The second kappa shape index (κ2) is 7.71. The average Bonchev–Trinajstić information content (AvgIpc) is 2.31. The van der Waals surface area contributed by atoms with Crippen molar-refractivity contribution in [2.45, 2.75) is 26.3 Å². The highest BCUT2D eigenvalue weighted by molar-refractivity contribution is 5.79. The number of rotatable bonds is 7. The van der Waals surface area contributed by atoms with E-state index in [1.54, 1.807) is 7.05 Å². The Morgan fingerprint density at radius 1 is 1.22 bits per heavy atom. The van der Waals surface area contributed by atoms with Crippen molar-refractivity contribution in [2.75, 3.05) is 46.3 Å². The van der Waals surface area contributed by atoms with Gasteiger partial charge in [-0.15, -0.1) is 0 Å². The van der Waals surface area contributed by atoms with Gasteiger partial charge < -0.3 is 20.9 Å². The van der Waals surface area contributed by atoms with E-state index in [1.165, 1.54) is 6.54 Å². The van der Waals surface area contributed by atoms with Gasteiger partial charge in [-0.1, -0.05) is 13.8 Å². The lowest BCUT2D eigenvalue weighted by Crippen LogP contribution is -2.49. The van der Waals surface area contributed by atoms with Crippen LogP contribution in [0, 0.1) is 5.92 Å². The second-order valence-corrected chi connectivity index (χ2v) is 5.57. The molecule has 106 valence electrons. The first-order valence-electron chi connectivity index (χ1n) is 6.94. The molecule has 0 radical (unpaired) electrons. The predicted molar refractivity (Wildman–Crippen MR) is 74.4 cm³/mol. The highest BCUT2D eigenvalue weighted by Gasteiger charge is 2.19. The summed E-state index contributed by atoms with van der Waals surface area (Å²) in [6.07, 6.45) is 0.802. The number of amides is 1. The number of carbonyl (C=O) groups is 1. The van der Waals surface area contributed by atoms with Crippen LogP contribution in [0.3, 0.4) is 0 Å². The monoisotopic (exact) mass is 256 g/mol. The Labute approximate surface area is 111 Å². The Kier molecular flexibility index (Phi) is 6.60. The van der Waals surface area contributed by atoms with E-state index in [0.29, 0.717) is 0 Å². The summed E-state index contributed by atoms with van der Waals surface area (Å²) in [4.78, 5) is 16.0. The topological polar surface area (TPSA) is 61.6 Å². The van der Waals surface area contributed by atoms with Gasteiger partial charge in [-0.2, -0.15) is 0 Å². The number of nitrogens with two attached hydrogens (primary N) is 1. The maximum atomic E-state index is 11.1. The number of hydrogen-bond acceptors (Lipinski definition) is 4. The normalized spacial score (nSPS) is 20.2. The molecular formula is C13H28N4O. The molecule has 0 aromatic heterocycles. The van der Waals surface area contributed by atoms with Gasteiger partial charge in [0.1, 0.15) is 0 Å². The van der Waals surface area contributed by atoms with Crippen molar-refractivity contribution in [3.05, 3.63) is 0 Å². The summed E-state index contributed by atoms with van der Waals surface area (Å²) in [6, 6.07) is -0.196. The first-order chi connectivity index (χ1) is 8.52. The summed E-state index contributed by atoms with van der Waals surface area (Å²) in [5, 5.41) is 2.96. The van der Waals surface area contributed by atoms with Crippen LogP contribution in [0.2, 0.25) is 0 Å². The van der Waals surface area contributed by atoms with Crippen molar-refractivity contribution in [2.24, 2.45) is 11.7 Å². The third kappa shape index (κ3) is 5.33. The number of piperazine rings is 1. The quantitative estimate of drug-likeness (QED) is 0.658. The SMILES string of the molecule is CNC(CCN1CCN(CC(C)C)CC1)C(N)=O. The summed E-state index contributed by atoms with van der Waals surface area (Å²) in [7, 11) is 1.79. The molecule has 1 rings (SSSR count). The molecule has 1 heterocycles. The molecule has 0 aromatic carbocycles. The minimum atomic E-state index is -0.254. The minimum Gasteiger partial charge on any atom is -0.368 e. The number of likely N-dealkylation sites (N-methyl/N-ethyl adjacent to an activating group) is 1. The zero-order chi connectivity index (χ0) is 13.5. The van der Waals surface area contributed by atoms with Gasteiger partial charge in [0.2, 0.25) is 5.91 Å². The first-order valence-corrected chi connectivity index (χ1v) is 6.94. The van der Waals surface area contributed by atoms with Gasteiger partial charge >= 0.3 is 0 Å². The van der Waals surface area contributed by atoms with Crippen LogP contribution in [-0.4, -0.2) is 68.1 Å². The highest BCUT2D eigenvalue weighted by Crippen LogP contribution is 2.06. The van der Waals surface area contributed by atoms with Crippen LogP contribution >= 0.6 is 0 Å². The third-order valence-corrected chi connectivity index (χ3v) is 3.51. The van der Waals surface area contributed by atoms with Gasteiger partial charge in [-0.3, -0.25) is 4.79 Å². The van der Waals surface area contributed by atoms with Crippen LogP contribution in [0.15, 0.2) is 0 Å². The van der Waals surface area contributed by atoms with E-state index in [1.807, 2.05) is 0 Å². The fourth-order valence-corrected chi connectivity index (χ4v) is 2.45. The first kappa shape index (κ1) is 15.4. The standard InChI is InChI=1S/C13H28N4O/c1-11(2)10-17-8-6-16(7-9-17)5-4-12(15-3)13(14)18/h11-12,15H,4-10H2,1-3H3,(H2,14,18). The Morgan fingerprint density at radius 2 is 1.78 bits per heavy atom. The van der Waals surface area contributed by atoms with E-state index in [4.69, 9.17) is 5.73 Å². The molecule has 1 atom stereocenters. The fourth-order valence-electron chi connectivity index (χ4n) is 2.45. The van der Waals surface area contributed by atoms with Crippen molar-refractivity contribution in [3.63, 3.8) is 0 Å². The number of carbonyl (C=O) groups excluding carboxylic acids is 1. The van der Waals surface area contributed by atoms with Crippen LogP contribution in [-0.2, 0) is 4.79 Å². The molecule has 0 aliphatic carbocycles. The van der Waals surface area contributed by atoms with Gasteiger partial charge in [0.05, 0.1) is 6.04 Å². The van der Waals surface area contributed by atoms with Crippen LogP contribution in [0.5, 0.6) is 0 Å². The molecule has 5 heteroatoms. The predicted octanol–water partition coefficient (Wildman–Crippen LogP) is -0.277. The molecule has 18 heavy (non-hydrogen) atoms. The van der Waals surface area contributed by atoms with E-state index in [2.05, 4.69) is 29.0 Å². The zero-order valence-electron chi connectivity index (χ0n) is 12.0. The lowest BCUT2D eigenvalue weighted by Gasteiger charge is -2.35. The van der Waals surface area contributed by atoms with Crippen LogP contribution in [0.4, 0.5) is 0 Å². The van der Waals surface area contributed by atoms with E-state index >= 15 is 0 Å². The molecule has 5 nitrogen and oxygen atoms in total. The zero-order valence-corrected chi connectivity index (χ0v) is 12.0. The molecule has 0 spiro atoms. The number of hydrogen-bond donors (Lipinski definition) is 2. The largest absolute Gasteiger partial charge is 0.368 e. The number of primary amides is 1. The smallest absolute Gasteiger partial charge is 0.234 e. The van der Waals surface area contributed by atoms with Gasteiger partial charge in [0.15, 0.2) is 0 Å². The molecule has 1 aliphatic heterocycles. The van der Waals surface area contributed by atoms with Crippen molar-refractivity contribution in [1.82, 2.24) is 15.1 Å². The molecule has 1 unspecified atom stereocenters. The van der Waals surface area contributed by atoms with Gasteiger partial charge in [-0.25, -0.2) is 0 Å². The number of nitrogens with zero attached hydrogens (tertiary/aromatic N) is 2. The van der Waals surface area contributed by atoms with E-state index < -0.39 is 0 Å². The van der Waals surface area contributed by atoms with Crippen molar-refractivity contribution < 1.29 is 4.79 Å².